The molecular formula is C13H19N3O2S. The Morgan fingerprint density at radius 2 is 2.47 bits per heavy atom. The number of carbonyl (C=O) groups excluding carboxylic acids is 1. The van der Waals surface area contributed by atoms with Crippen molar-refractivity contribution in [3.8, 4) is 0 Å². The van der Waals surface area contributed by atoms with E-state index in [1.165, 1.54) is 0 Å². The van der Waals surface area contributed by atoms with Crippen LogP contribution in [0.15, 0.2) is 23.4 Å². The van der Waals surface area contributed by atoms with E-state index in [1.807, 2.05) is 12.1 Å². The van der Waals surface area contributed by atoms with Crippen molar-refractivity contribution in [1.29, 1.82) is 0 Å². The number of hydrogen-bond acceptors (Lipinski definition) is 4. The second-order valence-corrected chi connectivity index (χ2v) is 5.77. The first-order valence-corrected chi connectivity index (χ1v) is 7.50. The van der Waals surface area contributed by atoms with E-state index in [2.05, 4.69) is 17.2 Å². The number of aliphatic hydroxyl groups is 1. The zero-order valence-corrected chi connectivity index (χ0v) is 11.8. The van der Waals surface area contributed by atoms with Gasteiger partial charge in [-0.3, -0.25) is 0 Å². The van der Waals surface area contributed by atoms with E-state index >= 15 is 0 Å². The Hall–Kier alpha value is -1.27. The van der Waals surface area contributed by atoms with Crippen molar-refractivity contribution < 1.29 is 9.90 Å². The molecule has 1 aliphatic heterocycles. The van der Waals surface area contributed by atoms with Gasteiger partial charge in [0.2, 0.25) is 0 Å². The first-order valence-electron chi connectivity index (χ1n) is 6.52. The van der Waals surface area contributed by atoms with Crippen molar-refractivity contribution in [2.75, 3.05) is 24.2 Å². The molecule has 1 aromatic heterocycles. The third-order valence-electron chi connectivity index (χ3n) is 2.96. The summed E-state index contributed by atoms with van der Waals surface area (Å²) in [6.45, 7) is 3.17. The molecule has 1 saturated heterocycles. The van der Waals surface area contributed by atoms with Gasteiger partial charge in [-0.1, -0.05) is 6.92 Å². The van der Waals surface area contributed by atoms with Gasteiger partial charge in [-0.2, -0.15) is 0 Å². The lowest BCUT2D eigenvalue weighted by molar-refractivity contribution is 0.0883. The second kappa shape index (κ2) is 6.77. The molecule has 0 spiro atoms. The summed E-state index contributed by atoms with van der Waals surface area (Å²) in [4.78, 5) is 17.9. The number of nitrogens with one attached hydrogen (secondary N) is 1. The number of likely N-dealkylation sites (tertiary alicyclic amines) is 1. The summed E-state index contributed by atoms with van der Waals surface area (Å²) in [5.41, 5.74) is 0.686. The van der Waals surface area contributed by atoms with Gasteiger partial charge in [0, 0.05) is 13.1 Å². The maximum Gasteiger partial charge on any atom is 0.321 e. The highest BCUT2D eigenvalue weighted by Crippen LogP contribution is 2.17. The first-order chi connectivity index (χ1) is 9.19. The Morgan fingerprint density at radius 1 is 1.63 bits per heavy atom. The maximum absolute atomic E-state index is 12.0. The maximum atomic E-state index is 12.0. The third kappa shape index (κ3) is 4.11. The molecule has 0 aromatic carbocycles. The van der Waals surface area contributed by atoms with Crippen LogP contribution in [0.2, 0.25) is 0 Å². The van der Waals surface area contributed by atoms with Gasteiger partial charge < -0.3 is 15.3 Å². The molecule has 2 amide bonds. The number of aromatic nitrogens is 1. The van der Waals surface area contributed by atoms with Crippen LogP contribution in [0.4, 0.5) is 10.5 Å². The number of carbonyl (C=O) groups is 1. The molecule has 0 aliphatic carbocycles. The zero-order valence-electron chi connectivity index (χ0n) is 11.0. The van der Waals surface area contributed by atoms with Crippen LogP contribution >= 0.6 is 11.8 Å². The number of aliphatic hydroxyl groups excluding tert-OH is 1. The van der Waals surface area contributed by atoms with Gasteiger partial charge in [0.05, 0.1) is 23.0 Å². The predicted octanol–water partition coefficient (Wildman–Crippen LogP) is 2.18. The predicted molar refractivity (Wildman–Crippen MR) is 76.5 cm³/mol. The molecule has 1 atom stereocenters. The third-order valence-corrected chi connectivity index (χ3v) is 3.79. The van der Waals surface area contributed by atoms with Crippen LogP contribution in [0.3, 0.4) is 0 Å². The number of β-amino-alcohol motifs (C(OH)–C–C–N with tert-alkyl or cyclic N) is 1. The Bertz CT molecular complexity index is 424. The van der Waals surface area contributed by atoms with E-state index in [9.17, 15) is 9.90 Å². The van der Waals surface area contributed by atoms with Gasteiger partial charge in [0.15, 0.2) is 0 Å². The van der Waals surface area contributed by atoms with Crippen LogP contribution in [0.5, 0.6) is 0 Å². The lowest BCUT2D eigenvalue weighted by Crippen LogP contribution is -2.44. The molecule has 0 radical (unpaired) electrons. The lowest BCUT2D eigenvalue weighted by atomic mass is 10.1. The normalized spacial score (nSPS) is 19.3. The van der Waals surface area contributed by atoms with E-state index in [0.717, 1.165) is 23.6 Å². The van der Waals surface area contributed by atoms with Crippen LogP contribution in [0, 0.1) is 0 Å². The number of pyridine rings is 1. The number of anilines is 1. The van der Waals surface area contributed by atoms with Crippen molar-refractivity contribution in [3.63, 3.8) is 0 Å². The van der Waals surface area contributed by atoms with Crippen molar-refractivity contribution in [1.82, 2.24) is 9.88 Å². The minimum Gasteiger partial charge on any atom is -0.391 e. The standard InChI is InChI=1S/C13H19N3O2S/c1-2-19-12-6-5-10(8-14-12)15-13(18)16-7-3-4-11(17)9-16/h5-6,8,11,17H,2-4,7,9H2,1H3,(H,15,18)/t11-/m0/s1. The van der Waals surface area contributed by atoms with Crippen LogP contribution in [0.25, 0.3) is 0 Å². The smallest absolute Gasteiger partial charge is 0.321 e. The van der Waals surface area contributed by atoms with E-state index in [-0.39, 0.29) is 6.03 Å². The average molecular weight is 281 g/mol. The van der Waals surface area contributed by atoms with Crippen molar-refractivity contribution in [3.05, 3.63) is 18.3 Å². The monoisotopic (exact) mass is 281 g/mol. The van der Waals surface area contributed by atoms with Gasteiger partial charge in [-0.05, 0) is 30.7 Å². The SMILES string of the molecule is CCSc1ccc(NC(=O)N2CCC[C@H](O)C2)cn1. The molecule has 1 aromatic rings. The van der Waals surface area contributed by atoms with Gasteiger partial charge in [-0.15, -0.1) is 11.8 Å². The number of piperidine rings is 1. The topological polar surface area (TPSA) is 65.5 Å². The summed E-state index contributed by atoms with van der Waals surface area (Å²) >= 11 is 1.66. The Balaban J connectivity index is 1.90. The van der Waals surface area contributed by atoms with Crippen LogP contribution in [-0.2, 0) is 0 Å². The second-order valence-electron chi connectivity index (χ2n) is 4.49. The van der Waals surface area contributed by atoms with E-state index < -0.39 is 6.10 Å². The lowest BCUT2D eigenvalue weighted by Gasteiger charge is -2.30. The molecule has 19 heavy (non-hydrogen) atoms. The summed E-state index contributed by atoms with van der Waals surface area (Å²) in [6.07, 6.45) is 2.88. The van der Waals surface area contributed by atoms with Crippen molar-refractivity contribution in [2.24, 2.45) is 0 Å². The quantitative estimate of drug-likeness (QED) is 0.834. The Kier molecular flexibility index (Phi) is 5.04. The molecule has 0 unspecified atom stereocenters. The summed E-state index contributed by atoms with van der Waals surface area (Å²) in [5.74, 6) is 0.977. The number of amides is 2. The molecule has 0 saturated carbocycles. The van der Waals surface area contributed by atoms with E-state index in [4.69, 9.17) is 0 Å². The molecule has 6 heteroatoms. The average Bonchev–Trinajstić information content (AvgIpc) is 2.41. The molecule has 104 valence electrons. The molecule has 1 fully saturated rings. The number of rotatable bonds is 3. The first kappa shape index (κ1) is 14.1. The molecular weight excluding hydrogens is 262 g/mol. The number of hydrogen-bond donors (Lipinski definition) is 2. The summed E-state index contributed by atoms with van der Waals surface area (Å²) in [7, 11) is 0. The zero-order chi connectivity index (χ0) is 13.7. The minimum absolute atomic E-state index is 0.170. The minimum atomic E-state index is -0.402. The molecule has 2 rings (SSSR count). The highest BCUT2D eigenvalue weighted by atomic mass is 32.2. The molecule has 0 bridgehead atoms. The fraction of sp³-hybridized carbons (Fsp3) is 0.538. The fourth-order valence-corrected chi connectivity index (χ4v) is 2.62. The van der Waals surface area contributed by atoms with Crippen LogP contribution in [0.1, 0.15) is 19.8 Å². The molecule has 2 N–H and O–H groups in total. The fourth-order valence-electron chi connectivity index (χ4n) is 2.03. The summed E-state index contributed by atoms with van der Waals surface area (Å²) in [6, 6.07) is 3.58. The van der Waals surface area contributed by atoms with E-state index in [0.29, 0.717) is 18.8 Å². The molecule has 2 heterocycles. The summed E-state index contributed by atoms with van der Waals surface area (Å²) in [5, 5.41) is 13.3. The van der Waals surface area contributed by atoms with Gasteiger partial charge in [0.25, 0.3) is 0 Å². The Morgan fingerprint density at radius 3 is 3.11 bits per heavy atom. The molecule has 5 nitrogen and oxygen atoms in total. The van der Waals surface area contributed by atoms with Crippen molar-refractivity contribution in [2.45, 2.75) is 30.9 Å². The molecule has 1 aliphatic rings. The largest absolute Gasteiger partial charge is 0.391 e. The number of thioether (sulfide) groups is 1. The Labute approximate surface area is 117 Å². The highest BCUT2D eigenvalue weighted by molar-refractivity contribution is 7.99. The van der Waals surface area contributed by atoms with Gasteiger partial charge >= 0.3 is 6.03 Å². The van der Waals surface area contributed by atoms with Crippen LogP contribution in [-0.4, -0.2) is 46.0 Å². The van der Waals surface area contributed by atoms with Crippen molar-refractivity contribution >= 4 is 23.5 Å². The van der Waals surface area contributed by atoms with Crippen LogP contribution < -0.4 is 5.32 Å². The number of nitrogens with zero attached hydrogens (tertiary/aromatic N) is 2. The van der Waals surface area contributed by atoms with Gasteiger partial charge in [-0.25, -0.2) is 9.78 Å². The van der Waals surface area contributed by atoms with Gasteiger partial charge in [0.1, 0.15) is 0 Å². The summed E-state index contributed by atoms with van der Waals surface area (Å²) < 4.78 is 0. The highest BCUT2D eigenvalue weighted by Gasteiger charge is 2.21. The number of urea groups is 1. The van der Waals surface area contributed by atoms with E-state index in [1.54, 1.807) is 22.9 Å².